The Morgan fingerprint density at radius 3 is 2.47 bits per heavy atom. The van der Waals surface area contributed by atoms with Crippen LogP contribution in [0.5, 0.6) is 0 Å². The van der Waals surface area contributed by atoms with Crippen molar-refractivity contribution >= 4 is 17.2 Å². The van der Waals surface area contributed by atoms with E-state index in [4.69, 9.17) is 5.73 Å². The summed E-state index contributed by atoms with van der Waals surface area (Å²) in [5.74, 6) is -2.59. The average Bonchev–Trinajstić information content (AvgIpc) is 3.04. The molecule has 1 aromatic rings. The van der Waals surface area contributed by atoms with Gasteiger partial charge in [-0.25, -0.2) is 0 Å². The molecule has 0 radical (unpaired) electrons. The van der Waals surface area contributed by atoms with Crippen molar-refractivity contribution in [2.75, 3.05) is 13.7 Å². The molecule has 1 fully saturated rings. The van der Waals surface area contributed by atoms with E-state index in [-0.39, 0.29) is 31.6 Å². The van der Waals surface area contributed by atoms with Crippen LogP contribution in [0.2, 0.25) is 0 Å². The lowest BCUT2D eigenvalue weighted by Gasteiger charge is -2.44. The second kappa shape index (κ2) is 9.04. The number of amides is 1. The van der Waals surface area contributed by atoms with Gasteiger partial charge in [-0.05, 0) is 43.7 Å². The number of thiophene rings is 1. The fourth-order valence-corrected chi connectivity index (χ4v) is 5.02. The fourth-order valence-electron chi connectivity index (χ4n) is 3.82. The molecule has 1 aliphatic heterocycles. The van der Waals surface area contributed by atoms with Crippen molar-refractivity contribution in [3.05, 3.63) is 33.3 Å². The fraction of sp³-hybridized carbons (Fsp3) is 0.611. The van der Waals surface area contributed by atoms with Gasteiger partial charge < -0.3 is 21.1 Å². The molecule has 30 heavy (non-hydrogen) atoms. The number of hydrogen-bond acceptors (Lipinski definition) is 5. The van der Waals surface area contributed by atoms with Crippen molar-refractivity contribution in [1.82, 2.24) is 10.2 Å². The maximum absolute atomic E-state index is 13.2. The minimum atomic E-state index is -5.10. The van der Waals surface area contributed by atoms with Gasteiger partial charge >= 0.3 is 18.3 Å². The number of halogens is 6. The zero-order valence-electron chi connectivity index (χ0n) is 16.3. The first kappa shape index (κ1) is 24.3. The molecule has 2 rings (SSSR count). The maximum atomic E-state index is 13.2. The molecule has 0 saturated carbocycles. The average molecular weight is 459 g/mol. The third-order valence-corrected chi connectivity index (χ3v) is 6.37. The Morgan fingerprint density at radius 1 is 1.33 bits per heavy atom. The second-order valence-corrected chi connectivity index (χ2v) is 8.23. The number of alkyl halides is 6. The monoisotopic (exact) mass is 459 g/mol. The SMILES string of the molecule is CN/C=C(\N)C1CC(c2sc(C(F)(F)F)cc2CCO)CC(C)N1C(=O)C(F)(F)F. The molecule has 4 N–H and O–H groups in total. The molecule has 0 aromatic carbocycles. The summed E-state index contributed by atoms with van der Waals surface area (Å²) in [7, 11) is 1.49. The zero-order valence-corrected chi connectivity index (χ0v) is 17.1. The first-order valence-electron chi connectivity index (χ1n) is 9.14. The molecule has 0 aliphatic carbocycles. The van der Waals surface area contributed by atoms with Gasteiger partial charge in [0.15, 0.2) is 0 Å². The highest BCUT2D eigenvalue weighted by Crippen LogP contribution is 2.45. The van der Waals surface area contributed by atoms with E-state index in [1.165, 1.54) is 20.2 Å². The Morgan fingerprint density at radius 2 is 1.97 bits per heavy atom. The summed E-state index contributed by atoms with van der Waals surface area (Å²) in [4.78, 5) is 12.2. The molecule has 1 amide bonds. The van der Waals surface area contributed by atoms with Crippen LogP contribution < -0.4 is 11.1 Å². The third-order valence-electron chi connectivity index (χ3n) is 4.99. The van der Waals surface area contributed by atoms with E-state index in [0.29, 0.717) is 26.7 Å². The molecule has 170 valence electrons. The number of likely N-dealkylation sites (tertiary alicyclic amines) is 1. The van der Waals surface area contributed by atoms with Gasteiger partial charge in [-0.1, -0.05) is 0 Å². The molecule has 3 atom stereocenters. The summed E-state index contributed by atoms with van der Waals surface area (Å²) in [5.41, 5.74) is 6.20. The van der Waals surface area contributed by atoms with Gasteiger partial charge in [0.25, 0.3) is 0 Å². The number of rotatable bonds is 5. The highest BCUT2D eigenvalue weighted by atomic mass is 32.1. The van der Waals surface area contributed by atoms with Crippen LogP contribution in [0.4, 0.5) is 26.3 Å². The van der Waals surface area contributed by atoms with Gasteiger partial charge in [0, 0.05) is 36.5 Å². The Bertz CT molecular complexity index is 790. The molecule has 1 saturated heterocycles. The first-order chi connectivity index (χ1) is 13.8. The number of aliphatic hydroxyl groups excluding tert-OH is 1. The topological polar surface area (TPSA) is 78.6 Å². The van der Waals surface area contributed by atoms with E-state index >= 15 is 0 Å². The van der Waals surface area contributed by atoms with Gasteiger partial charge in [-0.15, -0.1) is 11.3 Å². The van der Waals surface area contributed by atoms with E-state index in [2.05, 4.69) is 5.32 Å². The zero-order chi connectivity index (χ0) is 22.9. The van der Waals surface area contributed by atoms with Gasteiger partial charge in [-0.2, -0.15) is 26.3 Å². The second-order valence-electron chi connectivity index (χ2n) is 7.15. The van der Waals surface area contributed by atoms with Crippen molar-refractivity contribution in [1.29, 1.82) is 0 Å². The van der Waals surface area contributed by atoms with E-state index in [9.17, 15) is 36.2 Å². The molecule has 1 aromatic heterocycles. The van der Waals surface area contributed by atoms with E-state index in [0.717, 1.165) is 6.07 Å². The summed E-state index contributed by atoms with van der Waals surface area (Å²) in [6.07, 6.45) is -8.44. The smallest absolute Gasteiger partial charge is 0.399 e. The number of hydrogen-bond donors (Lipinski definition) is 3. The minimum Gasteiger partial charge on any atom is -0.399 e. The van der Waals surface area contributed by atoms with Crippen LogP contribution in [0.25, 0.3) is 0 Å². The molecule has 3 unspecified atom stereocenters. The van der Waals surface area contributed by atoms with E-state index < -0.39 is 41.1 Å². The lowest BCUT2D eigenvalue weighted by atomic mass is 9.83. The van der Waals surface area contributed by atoms with E-state index in [1.54, 1.807) is 0 Å². The number of aliphatic hydroxyl groups is 1. The summed E-state index contributed by atoms with van der Waals surface area (Å²) in [6, 6.07) is -1.08. The van der Waals surface area contributed by atoms with Gasteiger partial charge in [0.2, 0.25) is 0 Å². The summed E-state index contributed by atoms with van der Waals surface area (Å²) >= 11 is 0.520. The quantitative estimate of drug-likeness (QED) is 0.591. The number of carbonyl (C=O) groups is 1. The molecular weight excluding hydrogens is 436 g/mol. The predicted molar refractivity (Wildman–Crippen MR) is 99.6 cm³/mol. The number of piperidine rings is 1. The summed E-state index contributed by atoms with van der Waals surface area (Å²) in [6.45, 7) is 1.05. The molecule has 2 heterocycles. The number of nitrogens with one attached hydrogen (secondary N) is 1. The van der Waals surface area contributed by atoms with Crippen molar-refractivity contribution < 1.29 is 36.2 Å². The Hall–Kier alpha value is -1.95. The van der Waals surface area contributed by atoms with Crippen molar-refractivity contribution in [2.45, 2.75) is 56.5 Å². The van der Waals surface area contributed by atoms with Crippen LogP contribution in [0.15, 0.2) is 18.0 Å². The molecule has 1 aliphatic rings. The highest BCUT2D eigenvalue weighted by Gasteiger charge is 2.49. The number of nitrogens with two attached hydrogens (primary N) is 1. The van der Waals surface area contributed by atoms with Crippen LogP contribution in [-0.4, -0.2) is 47.8 Å². The molecular formula is C18H23F6N3O2S. The normalized spacial score (nSPS) is 23.6. The third kappa shape index (κ3) is 5.20. The number of nitrogens with zero attached hydrogens (tertiary/aromatic N) is 1. The number of carbonyl (C=O) groups excluding carboxylic acids is 1. The highest BCUT2D eigenvalue weighted by molar-refractivity contribution is 7.12. The standard InChI is InChI=1S/C18H23F6N3O2S/c1-9-5-11(15-10(3-4-28)7-14(30-15)17(19,20)21)6-13(12(25)8-26-2)27(9)16(29)18(22,23)24/h7-9,11,13,26,28H,3-6,25H2,1-2H3/b12-8-. The largest absolute Gasteiger partial charge is 0.471 e. The van der Waals surface area contributed by atoms with Crippen LogP contribution in [-0.2, 0) is 17.4 Å². The molecule has 12 heteroatoms. The lowest BCUT2D eigenvalue weighted by molar-refractivity contribution is -0.191. The van der Waals surface area contributed by atoms with Crippen LogP contribution in [0.3, 0.4) is 0 Å². The van der Waals surface area contributed by atoms with Crippen LogP contribution in [0.1, 0.15) is 41.0 Å². The van der Waals surface area contributed by atoms with Crippen molar-refractivity contribution in [3.63, 3.8) is 0 Å². The van der Waals surface area contributed by atoms with E-state index in [1.807, 2.05) is 0 Å². The molecule has 5 nitrogen and oxygen atoms in total. The molecule has 0 bridgehead atoms. The Balaban J connectivity index is 2.48. The van der Waals surface area contributed by atoms with Crippen LogP contribution >= 0.6 is 11.3 Å². The molecule has 0 spiro atoms. The lowest BCUT2D eigenvalue weighted by Crippen LogP contribution is -2.56. The first-order valence-corrected chi connectivity index (χ1v) is 9.95. The van der Waals surface area contributed by atoms with Crippen molar-refractivity contribution in [2.24, 2.45) is 5.73 Å². The van der Waals surface area contributed by atoms with Gasteiger partial charge in [0.1, 0.15) is 4.88 Å². The minimum absolute atomic E-state index is 0.00943. The van der Waals surface area contributed by atoms with Crippen molar-refractivity contribution in [3.8, 4) is 0 Å². The van der Waals surface area contributed by atoms with Gasteiger partial charge in [-0.3, -0.25) is 4.79 Å². The Kier molecular flexibility index (Phi) is 7.33. The maximum Gasteiger partial charge on any atom is 0.471 e. The summed E-state index contributed by atoms with van der Waals surface area (Å²) < 4.78 is 79.0. The van der Waals surface area contributed by atoms with Crippen LogP contribution in [0, 0.1) is 0 Å². The predicted octanol–water partition coefficient (Wildman–Crippen LogP) is 3.35. The summed E-state index contributed by atoms with van der Waals surface area (Å²) in [5, 5.41) is 11.8. The Labute approximate surface area is 173 Å². The van der Waals surface area contributed by atoms with Gasteiger partial charge in [0.05, 0.1) is 6.04 Å².